The first kappa shape index (κ1) is 18.6. The second-order valence-corrected chi connectivity index (χ2v) is 6.74. The maximum Gasteiger partial charge on any atom is 0.251 e. The zero-order chi connectivity index (χ0) is 16.6. The van der Waals surface area contributed by atoms with Crippen molar-refractivity contribution in [2.45, 2.75) is 31.6 Å². The summed E-state index contributed by atoms with van der Waals surface area (Å²) in [4.78, 5) is 12.2. The van der Waals surface area contributed by atoms with Gasteiger partial charge in [-0.25, -0.2) is 13.1 Å². The van der Waals surface area contributed by atoms with E-state index in [2.05, 4.69) is 10.0 Å². The van der Waals surface area contributed by atoms with Crippen LogP contribution < -0.4 is 10.0 Å². The molecule has 1 rings (SSSR count). The molecule has 124 valence electrons. The summed E-state index contributed by atoms with van der Waals surface area (Å²) in [7, 11) is -2.04. The molecule has 0 fully saturated rings. The number of rotatable bonds is 9. The molecule has 7 heteroatoms. The first-order valence-corrected chi connectivity index (χ1v) is 8.78. The minimum atomic E-state index is -3.59. The van der Waals surface area contributed by atoms with Gasteiger partial charge < -0.3 is 10.1 Å². The Morgan fingerprint density at radius 3 is 2.64 bits per heavy atom. The van der Waals surface area contributed by atoms with Crippen LogP contribution in [0.4, 0.5) is 0 Å². The fourth-order valence-electron chi connectivity index (χ4n) is 1.84. The van der Waals surface area contributed by atoms with Crippen LogP contribution in [0, 0.1) is 6.92 Å². The number of nitrogens with one attached hydrogen (secondary N) is 2. The maximum absolute atomic E-state index is 12.2. The van der Waals surface area contributed by atoms with Crippen molar-refractivity contribution in [2.24, 2.45) is 0 Å². The number of sulfonamides is 1. The van der Waals surface area contributed by atoms with Gasteiger partial charge in [0.25, 0.3) is 5.91 Å². The van der Waals surface area contributed by atoms with Gasteiger partial charge in [0.2, 0.25) is 10.0 Å². The maximum atomic E-state index is 12.2. The average Bonchev–Trinajstić information content (AvgIpc) is 2.47. The molecule has 0 atom stereocenters. The van der Waals surface area contributed by atoms with Crippen molar-refractivity contribution < 1.29 is 17.9 Å². The van der Waals surface area contributed by atoms with Gasteiger partial charge in [0.05, 0.1) is 11.5 Å². The Bertz CT molecular complexity index is 600. The number of carbonyl (C=O) groups excluding carboxylic acids is 1. The van der Waals surface area contributed by atoms with Gasteiger partial charge in [-0.2, -0.15) is 0 Å². The summed E-state index contributed by atoms with van der Waals surface area (Å²) in [6.07, 6.45) is 1.68. The molecule has 0 aliphatic carbocycles. The van der Waals surface area contributed by atoms with E-state index >= 15 is 0 Å². The molecule has 0 saturated heterocycles. The van der Waals surface area contributed by atoms with Gasteiger partial charge in [0.15, 0.2) is 0 Å². The Morgan fingerprint density at radius 2 is 2.00 bits per heavy atom. The number of methoxy groups -OCH3 is 1. The molecule has 1 aromatic carbocycles. The third-order valence-corrected chi connectivity index (χ3v) is 4.64. The minimum Gasteiger partial charge on any atom is -0.383 e. The normalized spacial score (nSPS) is 11.4. The number of amides is 1. The lowest BCUT2D eigenvalue weighted by atomic mass is 10.1. The summed E-state index contributed by atoms with van der Waals surface area (Å²) >= 11 is 0. The zero-order valence-corrected chi connectivity index (χ0v) is 14.1. The van der Waals surface area contributed by atoms with Crippen LogP contribution in [0.2, 0.25) is 0 Å². The molecule has 0 bridgehead atoms. The monoisotopic (exact) mass is 328 g/mol. The van der Waals surface area contributed by atoms with Crippen LogP contribution in [0.3, 0.4) is 0 Å². The summed E-state index contributed by atoms with van der Waals surface area (Å²) in [6.45, 7) is 4.93. The highest BCUT2D eigenvalue weighted by Gasteiger charge is 2.17. The average molecular weight is 328 g/mol. The highest BCUT2D eigenvalue weighted by atomic mass is 32.2. The molecule has 1 aromatic rings. The molecule has 0 unspecified atom stereocenters. The largest absolute Gasteiger partial charge is 0.383 e. The van der Waals surface area contributed by atoms with Crippen LogP contribution in [0.15, 0.2) is 23.1 Å². The SMILES string of the molecule is CCCCNS(=O)(=O)c1ccc(C)c(C(=O)NCCOC)c1. The fourth-order valence-corrected chi connectivity index (χ4v) is 2.94. The first-order valence-electron chi connectivity index (χ1n) is 7.29. The van der Waals surface area contributed by atoms with Gasteiger partial charge in [0.1, 0.15) is 0 Å². The second kappa shape index (κ2) is 8.87. The molecule has 0 aliphatic heterocycles. The van der Waals surface area contributed by atoms with Crippen molar-refractivity contribution in [3.8, 4) is 0 Å². The minimum absolute atomic E-state index is 0.103. The van der Waals surface area contributed by atoms with Crippen LogP contribution in [0.1, 0.15) is 35.7 Å². The van der Waals surface area contributed by atoms with E-state index in [-0.39, 0.29) is 10.8 Å². The Balaban J connectivity index is 2.91. The van der Waals surface area contributed by atoms with Gasteiger partial charge in [-0.15, -0.1) is 0 Å². The molecule has 0 radical (unpaired) electrons. The van der Waals surface area contributed by atoms with E-state index in [0.717, 1.165) is 18.4 Å². The Morgan fingerprint density at radius 1 is 1.27 bits per heavy atom. The van der Waals surface area contributed by atoms with Gasteiger partial charge >= 0.3 is 0 Å². The number of unbranched alkanes of at least 4 members (excludes halogenated alkanes) is 1. The van der Waals surface area contributed by atoms with E-state index in [1.807, 2.05) is 6.92 Å². The highest BCUT2D eigenvalue weighted by Crippen LogP contribution is 2.15. The summed E-state index contributed by atoms with van der Waals surface area (Å²) in [6, 6.07) is 4.56. The van der Waals surface area contributed by atoms with E-state index in [1.54, 1.807) is 20.1 Å². The number of carbonyl (C=O) groups is 1. The van der Waals surface area contributed by atoms with Crippen LogP contribution in [-0.2, 0) is 14.8 Å². The fraction of sp³-hybridized carbons (Fsp3) is 0.533. The number of ether oxygens (including phenoxy) is 1. The molecule has 22 heavy (non-hydrogen) atoms. The van der Waals surface area contributed by atoms with Crippen molar-refractivity contribution in [3.05, 3.63) is 29.3 Å². The predicted molar refractivity (Wildman–Crippen MR) is 85.5 cm³/mol. The number of hydrogen-bond acceptors (Lipinski definition) is 4. The molecular weight excluding hydrogens is 304 g/mol. The molecule has 0 saturated carbocycles. The van der Waals surface area contributed by atoms with Crippen molar-refractivity contribution in [1.29, 1.82) is 0 Å². The number of aryl methyl sites for hydroxylation is 1. The Hall–Kier alpha value is -1.44. The summed E-state index contributed by atoms with van der Waals surface area (Å²) in [5.41, 5.74) is 1.08. The quantitative estimate of drug-likeness (QED) is 0.672. The van der Waals surface area contributed by atoms with Gasteiger partial charge in [0, 0.05) is 25.8 Å². The molecule has 0 aromatic heterocycles. The smallest absolute Gasteiger partial charge is 0.251 e. The standard InChI is InChI=1S/C15H24N2O4S/c1-4-5-8-17-22(19,20)13-7-6-12(2)14(11-13)15(18)16-9-10-21-3/h6-7,11,17H,4-5,8-10H2,1-3H3,(H,16,18). The van der Waals surface area contributed by atoms with Crippen molar-refractivity contribution in [3.63, 3.8) is 0 Å². The van der Waals surface area contributed by atoms with Gasteiger partial charge in [-0.1, -0.05) is 19.4 Å². The lowest BCUT2D eigenvalue weighted by Crippen LogP contribution is -2.28. The Labute approximate surface area is 132 Å². The number of benzene rings is 1. The number of hydrogen-bond donors (Lipinski definition) is 2. The highest BCUT2D eigenvalue weighted by molar-refractivity contribution is 7.89. The van der Waals surface area contributed by atoms with Crippen LogP contribution >= 0.6 is 0 Å². The van der Waals surface area contributed by atoms with Crippen molar-refractivity contribution in [1.82, 2.24) is 10.0 Å². The summed E-state index contributed by atoms with van der Waals surface area (Å²) < 4.78 is 31.8. The van der Waals surface area contributed by atoms with E-state index in [0.29, 0.717) is 25.3 Å². The first-order chi connectivity index (χ1) is 10.4. The van der Waals surface area contributed by atoms with E-state index < -0.39 is 10.0 Å². The molecule has 0 aliphatic rings. The molecule has 0 heterocycles. The lowest BCUT2D eigenvalue weighted by Gasteiger charge is -2.11. The molecule has 0 spiro atoms. The van der Waals surface area contributed by atoms with E-state index in [9.17, 15) is 13.2 Å². The van der Waals surface area contributed by atoms with E-state index in [1.165, 1.54) is 12.1 Å². The van der Waals surface area contributed by atoms with Gasteiger partial charge in [-0.05, 0) is 31.0 Å². The lowest BCUT2D eigenvalue weighted by molar-refractivity contribution is 0.0936. The van der Waals surface area contributed by atoms with Crippen LogP contribution in [0.5, 0.6) is 0 Å². The van der Waals surface area contributed by atoms with Gasteiger partial charge in [-0.3, -0.25) is 4.79 Å². The van der Waals surface area contributed by atoms with Crippen LogP contribution in [0.25, 0.3) is 0 Å². The Kier molecular flexibility index (Phi) is 7.50. The predicted octanol–water partition coefficient (Wildman–Crippen LogP) is 1.45. The third-order valence-electron chi connectivity index (χ3n) is 3.18. The molecule has 2 N–H and O–H groups in total. The molecule has 1 amide bonds. The third kappa shape index (κ3) is 5.40. The van der Waals surface area contributed by atoms with Crippen molar-refractivity contribution >= 4 is 15.9 Å². The topological polar surface area (TPSA) is 84.5 Å². The molecular formula is C15H24N2O4S. The van der Waals surface area contributed by atoms with Crippen LogP contribution in [-0.4, -0.2) is 41.1 Å². The second-order valence-electron chi connectivity index (χ2n) is 4.98. The van der Waals surface area contributed by atoms with Crippen molar-refractivity contribution in [2.75, 3.05) is 26.8 Å². The van der Waals surface area contributed by atoms with E-state index in [4.69, 9.17) is 4.74 Å². The summed E-state index contributed by atoms with van der Waals surface area (Å²) in [5, 5.41) is 2.69. The zero-order valence-electron chi connectivity index (χ0n) is 13.3. The summed E-state index contributed by atoms with van der Waals surface area (Å²) in [5.74, 6) is -0.305. The molecule has 6 nitrogen and oxygen atoms in total.